The Kier molecular flexibility index (Phi) is 9.26. The molecule has 1 N–H and O–H groups in total. The zero-order valence-electron chi connectivity index (χ0n) is 24.3. The summed E-state index contributed by atoms with van der Waals surface area (Å²) in [6.45, 7) is 7.48. The molecule has 1 aliphatic rings. The monoisotopic (exact) mass is 585 g/mol. The molecule has 0 bridgehead atoms. The van der Waals surface area contributed by atoms with Gasteiger partial charge in [0, 0.05) is 45.4 Å². The van der Waals surface area contributed by atoms with Crippen molar-refractivity contribution in [3.8, 4) is 28.0 Å². The average Bonchev–Trinajstić information content (AvgIpc) is 3.26. The molecule has 2 atom stereocenters. The van der Waals surface area contributed by atoms with Crippen molar-refractivity contribution in [2.24, 2.45) is 4.99 Å². The van der Waals surface area contributed by atoms with Gasteiger partial charge in [0.2, 0.25) is 11.8 Å². The molecule has 4 rings (SSSR count). The van der Waals surface area contributed by atoms with Crippen molar-refractivity contribution in [1.82, 2.24) is 24.8 Å². The van der Waals surface area contributed by atoms with Crippen LogP contribution in [0.1, 0.15) is 32.2 Å². The van der Waals surface area contributed by atoms with Gasteiger partial charge in [-0.1, -0.05) is 0 Å². The van der Waals surface area contributed by atoms with Crippen LogP contribution in [-0.2, 0) is 4.74 Å². The van der Waals surface area contributed by atoms with Gasteiger partial charge >= 0.3 is 6.09 Å². The highest BCUT2D eigenvalue weighted by Gasteiger charge is 2.33. The first-order valence-electron chi connectivity index (χ1n) is 13.2. The number of piperidine rings is 1. The fraction of sp³-hybridized carbons (Fsp3) is 0.464. The lowest BCUT2D eigenvalue weighted by molar-refractivity contribution is 0.0124. The summed E-state index contributed by atoms with van der Waals surface area (Å²) in [5, 5.41) is 3.97. The minimum absolute atomic E-state index is 0.0126. The van der Waals surface area contributed by atoms with Crippen molar-refractivity contribution in [2.75, 3.05) is 39.6 Å². The quantitative estimate of drug-likeness (QED) is 0.263. The normalized spacial score (nSPS) is 17.4. The number of hydrogen-bond donors (Lipinski definition) is 1. The number of anilines is 1. The number of likely N-dealkylation sites (tertiary alicyclic amines) is 1. The zero-order valence-corrected chi connectivity index (χ0v) is 25.2. The minimum Gasteiger partial charge on any atom is -0.493 e. The number of carbonyl (C=O) groups excluding carboxylic acids is 1. The van der Waals surface area contributed by atoms with Gasteiger partial charge in [0.15, 0.2) is 11.5 Å². The number of aliphatic imine (C=N–C) groups is 1. The molecule has 3 aromatic rings. The number of benzene rings is 1. The molecule has 1 aromatic carbocycles. The number of carbonyl (C=O) groups is 1. The summed E-state index contributed by atoms with van der Waals surface area (Å²) < 4.78 is 31.7. The van der Waals surface area contributed by atoms with E-state index in [1.54, 1.807) is 58.6 Å². The van der Waals surface area contributed by atoms with Crippen molar-refractivity contribution >= 4 is 35.4 Å². The molecule has 1 fully saturated rings. The SMILES string of the molecule is COc1cc(N=CN(C)C)ccc1Oc1nc(C)sc1-c1ccnc(N[C@H]2C[C@H](F)CN(C(=O)OC(C)(C)C)C2)n1. The number of amides is 1. The van der Waals surface area contributed by atoms with Gasteiger partial charge in [-0.2, -0.15) is 0 Å². The largest absolute Gasteiger partial charge is 0.493 e. The van der Waals surface area contributed by atoms with Gasteiger partial charge in [-0.15, -0.1) is 11.3 Å². The number of thiazole rings is 1. The van der Waals surface area contributed by atoms with Gasteiger partial charge in [0.05, 0.1) is 36.4 Å². The number of ether oxygens (including phenoxy) is 3. The number of rotatable bonds is 8. The molecule has 13 heteroatoms. The van der Waals surface area contributed by atoms with Gasteiger partial charge in [0.25, 0.3) is 0 Å². The van der Waals surface area contributed by atoms with E-state index in [9.17, 15) is 9.18 Å². The Balaban J connectivity index is 1.52. The standard InChI is InChI=1S/C28H36FN7O4S/c1-17-32-25(39-22-9-8-19(13-23(22)38-7)31-16-35(5)6)24(41-17)21-10-11-30-26(34-21)33-20-12-18(29)14-36(15-20)27(37)40-28(2,3)4/h8-11,13,16,18,20H,12,14-15H2,1-7H3,(H,30,33,34)/t18-,20-/m0/s1. The molecule has 3 heterocycles. The summed E-state index contributed by atoms with van der Waals surface area (Å²) in [7, 11) is 5.35. The third-order valence-corrected chi connectivity index (χ3v) is 6.74. The van der Waals surface area contributed by atoms with Crippen molar-refractivity contribution in [3.05, 3.63) is 35.5 Å². The maximum absolute atomic E-state index is 14.6. The maximum atomic E-state index is 14.6. The third-order valence-electron chi connectivity index (χ3n) is 5.77. The van der Waals surface area contributed by atoms with E-state index >= 15 is 0 Å². The molecule has 0 spiro atoms. The van der Waals surface area contributed by atoms with Crippen LogP contribution in [0.25, 0.3) is 10.6 Å². The van der Waals surface area contributed by atoms with E-state index < -0.39 is 23.9 Å². The molecule has 2 aromatic heterocycles. The summed E-state index contributed by atoms with van der Waals surface area (Å²) in [5.74, 6) is 1.67. The van der Waals surface area contributed by atoms with E-state index in [4.69, 9.17) is 14.2 Å². The van der Waals surface area contributed by atoms with Crippen LogP contribution >= 0.6 is 11.3 Å². The number of halogens is 1. The Hall–Kier alpha value is -4.00. The maximum Gasteiger partial charge on any atom is 0.410 e. The first-order valence-corrected chi connectivity index (χ1v) is 14.0. The Morgan fingerprint density at radius 2 is 2.00 bits per heavy atom. The Morgan fingerprint density at radius 1 is 1.22 bits per heavy atom. The topological polar surface area (TPSA) is 114 Å². The second-order valence-electron chi connectivity index (χ2n) is 10.8. The predicted molar refractivity (Wildman–Crippen MR) is 158 cm³/mol. The number of aryl methyl sites for hydroxylation is 1. The molecule has 1 amide bonds. The van der Waals surface area contributed by atoms with Crippen molar-refractivity contribution in [3.63, 3.8) is 0 Å². The fourth-order valence-electron chi connectivity index (χ4n) is 4.10. The lowest BCUT2D eigenvalue weighted by atomic mass is 10.0. The van der Waals surface area contributed by atoms with E-state index in [-0.39, 0.29) is 19.5 Å². The average molecular weight is 586 g/mol. The lowest BCUT2D eigenvalue weighted by Crippen LogP contribution is -2.51. The highest BCUT2D eigenvalue weighted by Crippen LogP contribution is 2.41. The number of nitrogens with one attached hydrogen (secondary N) is 1. The molecular formula is C28H36FN7O4S. The Labute approximate surface area is 243 Å². The van der Waals surface area contributed by atoms with Crippen LogP contribution in [0, 0.1) is 6.92 Å². The van der Waals surface area contributed by atoms with Crippen molar-refractivity contribution < 1.29 is 23.4 Å². The number of alkyl halides is 1. The molecule has 0 radical (unpaired) electrons. The van der Waals surface area contributed by atoms with Crippen LogP contribution in [0.15, 0.2) is 35.5 Å². The van der Waals surface area contributed by atoms with Crippen molar-refractivity contribution in [2.45, 2.75) is 51.9 Å². The van der Waals surface area contributed by atoms with Crippen LogP contribution < -0.4 is 14.8 Å². The molecule has 0 aliphatic carbocycles. The molecule has 1 aliphatic heterocycles. The molecule has 220 valence electrons. The molecule has 0 unspecified atom stereocenters. The van der Waals surface area contributed by atoms with Gasteiger partial charge in [-0.05, 0) is 45.9 Å². The van der Waals surface area contributed by atoms with Gasteiger partial charge in [-0.25, -0.2) is 29.1 Å². The van der Waals surface area contributed by atoms with Gasteiger partial charge in [0.1, 0.15) is 16.6 Å². The number of nitrogens with zero attached hydrogens (tertiary/aromatic N) is 6. The van der Waals surface area contributed by atoms with E-state index in [1.165, 1.54) is 16.2 Å². The molecule has 1 saturated heterocycles. The molecule has 11 nitrogen and oxygen atoms in total. The molecular weight excluding hydrogens is 549 g/mol. The summed E-state index contributed by atoms with van der Waals surface area (Å²) >= 11 is 1.43. The number of aromatic nitrogens is 3. The summed E-state index contributed by atoms with van der Waals surface area (Å²) in [6.07, 6.45) is 1.79. The van der Waals surface area contributed by atoms with Crippen LogP contribution in [-0.4, -0.2) is 89.3 Å². The second-order valence-corrected chi connectivity index (χ2v) is 12.0. The summed E-state index contributed by atoms with van der Waals surface area (Å²) in [4.78, 5) is 34.4. The minimum atomic E-state index is -1.20. The lowest BCUT2D eigenvalue weighted by Gasteiger charge is -2.36. The van der Waals surface area contributed by atoms with Crippen LogP contribution in [0.2, 0.25) is 0 Å². The smallest absolute Gasteiger partial charge is 0.410 e. The third kappa shape index (κ3) is 8.26. The van der Waals surface area contributed by atoms with E-state index in [0.717, 1.165) is 5.01 Å². The van der Waals surface area contributed by atoms with E-state index in [2.05, 4.69) is 25.3 Å². The second kappa shape index (κ2) is 12.7. The van der Waals surface area contributed by atoms with Crippen LogP contribution in [0.5, 0.6) is 17.4 Å². The fourth-order valence-corrected chi connectivity index (χ4v) is 4.92. The van der Waals surface area contributed by atoms with Gasteiger partial charge < -0.3 is 29.3 Å². The summed E-state index contributed by atoms with van der Waals surface area (Å²) in [5.41, 5.74) is 0.637. The zero-order chi connectivity index (χ0) is 29.7. The number of hydrogen-bond acceptors (Lipinski definition) is 10. The van der Waals surface area contributed by atoms with Crippen molar-refractivity contribution in [1.29, 1.82) is 0 Å². The predicted octanol–water partition coefficient (Wildman–Crippen LogP) is 5.69. The first-order chi connectivity index (χ1) is 19.4. The highest BCUT2D eigenvalue weighted by molar-refractivity contribution is 7.15. The molecule has 0 saturated carbocycles. The highest BCUT2D eigenvalue weighted by atomic mass is 32.1. The number of methoxy groups -OCH3 is 1. The van der Waals surface area contributed by atoms with E-state index in [0.29, 0.717) is 39.6 Å². The first kappa shape index (κ1) is 30.0. The van der Waals surface area contributed by atoms with Crippen LogP contribution in [0.4, 0.5) is 20.8 Å². The van der Waals surface area contributed by atoms with E-state index in [1.807, 2.05) is 32.0 Å². The molecule has 41 heavy (non-hydrogen) atoms. The van der Waals surface area contributed by atoms with Gasteiger partial charge in [-0.3, -0.25) is 0 Å². The summed E-state index contributed by atoms with van der Waals surface area (Å²) in [6, 6.07) is 6.75. The Morgan fingerprint density at radius 3 is 2.71 bits per heavy atom. The van der Waals surface area contributed by atoms with Crippen LogP contribution in [0.3, 0.4) is 0 Å². The Bertz CT molecular complexity index is 1390.